The quantitative estimate of drug-likeness (QED) is 0.663. The third-order valence-corrected chi connectivity index (χ3v) is 5.07. The summed E-state index contributed by atoms with van der Waals surface area (Å²) in [5, 5.41) is 8.98. The minimum absolute atomic E-state index is 0.212. The molecule has 0 bridgehead atoms. The molecular formula is C21H23FN4. The van der Waals surface area contributed by atoms with Crippen LogP contribution in [-0.4, -0.2) is 24.1 Å². The maximum absolute atomic E-state index is 14.5. The van der Waals surface area contributed by atoms with Gasteiger partial charge in [-0.3, -0.25) is 0 Å². The number of rotatable bonds is 4. The van der Waals surface area contributed by atoms with Crippen molar-refractivity contribution in [3.63, 3.8) is 0 Å². The zero-order valence-corrected chi connectivity index (χ0v) is 14.8. The number of benzene rings is 2. The monoisotopic (exact) mass is 350 g/mol. The predicted octanol–water partition coefficient (Wildman–Crippen LogP) is 4.10. The summed E-state index contributed by atoms with van der Waals surface area (Å²) < 4.78 is 14.5. The molecule has 5 heteroatoms. The number of anilines is 2. The summed E-state index contributed by atoms with van der Waals surface area (Å²) in [6.45, 7) is 3.83. The van der Waals surface area contributed by atoms with Crippen molar-refractivity contribution in [2.45, 2.75) is 25.8 Å². The molecule has 1 atom stereocenters. The summed E-state index contributed by atoms with van der Waals surface area (Å²) in [7, 11) is 0. The number of aromatic nitrogens is 1. The smallest absolute Gasteiger partial charge is 0.131 e. The van der Waals surface area contributed by atoms with E-state index in [1.165, 1.54) is 18.9 Å². The van der Waals surface area contributed by atoms with Crippen LogP contribution in [-0.2, 0) is 0 Å². The lowest BCUT2D eigenvalue weighted by atomic mass is 9.96. The molecule has 4 rings (SSSR count). The van der Waals surface area contributed by atoms with E-state index in [0.717, 1.165) is 40.7 Å². The molecule has 1 fully saturated rings. The first kappa shape index (κ1) is 16.8. The molecule has 0 amide bonds. The highest BCUT2D eigenvalue weighted by molar-refractivity contribution is 5.98. The number of hydrogen-bond acceptors (Lipinski definition) is 4. The fourth-order valence-electron chi connectivity index (χ4n) is 3.73. The topological polar surface area (TPSA) is 63.0 Å². The highest BCUT2D eigenvalue weighted by Crippen LogP contribution is 2.34. The Hall–Kier alpha value is -2.66. The van der Waals surface area contributed by atoms with Crippen molar-refractivity contribution in [2.24, 2.45) is 0 Å². The van der Waals surface area contributed by atoms with Crippen LogP contribution in [0.15, 0.2) is 42.6 Å². The van der Waals surface area contributed by atoms with Gasteiger partial charge in [0.15, 0.2) is 0 Å². The molecule has 1 aliphatic heterocycles. The lowest BCUT2D eigenvalue weighted by Crippen LogP contribution is -2.29. The number of pyridine rings is 1. The van der Waals surface area contributed by atoms with Gasteiger partial charge < -0.3 is 16.4 Å². The third kappa shape index (κ3) is 3.22. The third-order valence-electron chi connectivity index (χ3n) is 5.07. The molecule has 2 heterocycles. The van der Waals surface area contributed by atoms with E-state index in [1.807, 2.05) is 31.2 Å². The normalized spacial score (nSPS) is 16.9. The zero-order valence-electron chi connectivity index (χ0n) is 14.8. The Balaban J connectivity index is 1.80. The second kappa shape index (κ2) is 6.92. The van der Waals surface area contributed by atoms with Crippen molar-refractivity contribution in [1.29, 1.82) is 0 Å². The molecule has 0 unspecified atom stereocenters. The largest absolute Gasteiger partial charge is 0.384 e. The highest BCUT2D eigenvalue weighted by Gasteiger charge is 2.16. The van der Waals surface area contributed by atoms with Crippen LogP contribution in [0.3, 0.4) is 0 Å². The molecule has 0 saturated carbocycles. The van der Waals surface area contributed by atoms with Crippen molar-refractivity contribution < 1.29 is 4.39 Å². The molecule has 0 aliphatic carbocycles. The van der Waals surface area contributed by atoms with Crippen LogP contribution in [0.2, 0.25) is 0 Å². The van der Waals surface area contributed by atoms with Crippen molar-refractivity contribution in [3.05, 3.63) is 54.0 Å². The molecule has 4 nitrogen and oxygen atoms in total. The van der Waals surface area contributed by atoms with Gasteiger partial charge >= 0.3 is 0 Å². The van der Waals surface area contributed by atoms with Crippen molar-refractivity contribution >= 4 is 22.3 Å². The Morgan fingerprint density at radius 1 is 1.31 bits per heavy atom. The summed E-state index contributed by atoms with van der Waals surface area (Å²) >= 11 is 0. The average molecular weight is 350 g/mol. The van der Waals surface area contributed by atoms with E-state index in [1.54, 1.807) is 12.3 Å². The standard InChI is InChI=1S/C21H23FN4/c1-13-4-2-6-18(22)21(13)14-8-15-11-26-20(23)10-17(15)19(9-14)25-12-16-5-3-7-24-16/h2,4,6,8-11,16,24-25H,3,5,7,12H2,1H3,(H2,23,26)/t16-/m0/s1. The number of nitrogens with one attached hydrogen (secondary N) is 2. The molecule has 1 aliphatic rings. The fraction of sp³-hybridized carbons (Fsp3) is 0.286. The van der Waals surface area contributed by atoms with E-state index < -0.39 is 0 Å². The average Bonchev–Trinajstić information content (AvgIpc) is 3.13. The number of aryl methyl sites for hydroxylation is 1. The Labute approximate surface area is 152 Å². The van der Waals surface area contributed by atoms with Crippen LogP contribution >= 0.6 is 0 Å². The highest BCUT2D eigenvalue weighted by atomic mass is 19.1. The van der Waals surface area contributed by atoms with Crippen LogP contribution in [0, 0.1) is 12.7 Å². The summed E-state index contributed by atoms with van der Waals surface area (Å²) in [4.78, 5) is 4.21. The summed E-state index contributed by atoms with van der Waals surface area (Å²) in [5.41, 5.74) is 9.25. The van der Waals surface area contributed by atoms with Crippen LogP contribution in [0.4, 0.5) is 15.9 Å². The molecule has 134 valence electrons. The minimum Gasteiger partial charge on any atom is -0.384 e. The van der Waals surface area contributed by atoms with E-state index in [0.29, 0.717) is 17.4 Å². The van der Waals surface area contributed by atoms with Crippen molar-refractivity contribution in [1.82, 2.24) is 10.3 Å². The Morgan fingerprint density at radius 3 is 2.96 bits per heavy atom. The van der Waals surface area contributed by atoms with Crippen molar-refractivity contribution in [3.8, 4) is 11.1 Å². The minimum atomic E-state index is -0.212. The second-order valence-corrected chi connectivity index (χ2v) is 6.96. The molecule has 2 aromatic carbocycles. The Bertz CT molecular complexity index is 928. The van der Waals surface area contributed by atoms with Gasteiger partial charge in [0, 0.05) is 40.8 Å². The lowest BCUT2D eigenvalue weighted by molar-refractivity contribution is 0.630. The molecule has 4 N–H and O–H groups in total. The van der Waals surface area contributed by atoms with Crippen LogP contribution in [0.1, 0.15) is 18.4 Å². The van der Waals surface area contributed by atoms with E-state index in [-0.39, 0.29) is 5.82 Å². The molecule has 3 aromatic rings. The summed E-state index contributed by atoms with van der Waals surface area (Å²) in [5.74, 6) is 0.269. The maximum Gasteiger partial charge on any atom is 0.131 e. The molecule has 1 aromatic heterocycles. The van der Waals surface area contributed by atoms with Gasteiger partial charge in [-0.25, -0.2) is 9.37 Å². The SMILES string of the molecule is Cc1cccc(F)c1-c1cc(NC[C@@H]2CCCN2)c2cc(N)ncc2c1. The molecule has 0 radical (unpaired) electrons. The summed E-state index contributed by atoms with van der Waals surface area (Å²) in [6, 6.07) is 11.5. The predicted molar refractivity (Wildman–Crippen MR) is 106 cm³/mol. The van der Waals surface area contributed by atoms with Gasteiger partial charge in [-0.2, -0.15) is 0 Å². The van der Waals surface area contributed by atoms with Crippen molar-refractivity contribution in [2.75, 3.05) is 24.1 Å². The summed E-state index contributed by atoms with van der Waals surface area (Å²) in [6.07, 6.45) is 4.13. The van der Waals surface area contributed by atoms with E-state index >= 15 is 0 Å². The van der Waals surface area contributed by atoms with E-state index in [2.05, 4.69) is 15.6 Å². The number of halogens is 1. The Morgan fingerprint density at radius 2 is 2.19 bits per heavy atom. The van der Waals surface area contributed by atoms with Crippen LogP contribution in [0.25, 0.3) is 21.9 Å². The first-order chi connectivity index (χ1) is 12.6. The van der Waals surface area contributed by atoms with Gasteiger partial charge in [-0.15, -0.1) is 0 Å². The van der Waals surface area contributed by atoms with Gasteiger partial charge in [0.25, 0.3) is 0 Å². The van der Waals surface area contributed by atoms with E-state index in [4.69, 9.17) is 5.73 Å². The van der Waals surface area contributed by atoms with Gasteiger partial charge in [-0.05, 0) is 61.7 Å². The number of nitrogens with zero attached hydrogens (tertiary/aromatic N) is 1. The zero-order chi connectivity index (χ0) is 18.1. The second-order valence-electron chi connectivity index (χ2n) is 6.96. The van der Waals surface area contributed by atoms with Gasteiger partial charge in [0.05, 0.1) is 0 Å². The van der Waals surface area contributed by atoms with Gasteiger partial charge in [0.2, 0.25) is 0 Å². The molecule has 1 saturated heterocycles. The molecule has 0 spiro atoms. The van der Waals surface area contributed by atoms with Gasteiger partial charge in [-0.1, -0.05) is 12.1 Å². The molecule has 26 heavy (non-hydrogen) atoms. The number of nitrogen functional groups attached to an aromatic ring is 1. The fourth-order valence-corrected chi connectivity index (χ4v) is 3.73. The first-order valence-corrected chi connectivity index (χ1v) is 9.04. The number of fused-ring (bicyclic) bond motifs is 1. The lowest BCUT2D eigenvalue weighted by Gasteiger charge is -2.17. The van der Waals surface area contributed by atoms with E-state index in [9.17, 15) is 4.39 Å². The van der Waals surface area contributed by atoms with Crippen LogP contribution < -0.4 is 16.4 Å². The molecular weight excluding hydrogens is 327 g/mol. The van der Waals surface area contributed by atoms with Crippen LogP contribution in [0.5, 0.6) is 0 Å². The number of nitrogens with two attached hydrogens (primary N) is 1. The van der Waals surface area contributed by atoms with Gasteiger partial charge in [0.1, 0.15) is 11.6 Å². The maximum atomic E-state index is 14.5. The first-order valence-electron chi connectivity index (χ1n) is 9.04. The number of hydrogen-bond donors (Lipinski definition) is 3. The Kier molecular flexibility index (Phi) is 4.47.